The molecule has 1 unspecified atom stereocenters. The maximum absolute atomic E-state index is 12.5. The van der Waals surface area contributed by atoms with Crippen molar-refractivity contribution in [2.75, 3.05) is 13.2 Å². The molecule has 0 heterocycles. The number of carbonyl (C=O) groups excluding carboxylic acids is 3. The quantitative estimate of drug-likeness (QED) is 0.0274. The Balaban J connectivity index is 4.19. The van der Waals surface area contributed by atoms with Crippen LogP contribution in [0.3, 0.4) is 0 Å². The number of hydrogen-bond acceptors (Lipinski definition) is 6. The zero-order chi connectivity index (χ0) is 38.0. The standard InChI is InChI=1S/C46H78O6/c1-4-7-10-13-16-17-18-19-20-21-22-23-24-25-26-27-28-29-31-33-36-39-45(48)51-42-43(41-50-44(47)38-35-32-15-12-9-6-3)52-46(49)40-37-34-30-14-11-8-5-2/h7,10,16-17,19-20,22-23,25-26,43H,4-6,8-9,11-15,18,21,24,27-42H2,1-3H3/b10-7-,17-16-,20-19-,23-22-,26-25-. The Morgan fingerprint density at radius 1 is 0.404 bits per heavy atom. The van der Waals surface area contributed by atoms with Gasteiger partial charge in [0.15, 0.2) is 6.10 Å². The van der Waals surface area contributed by atoms with Crippen molar-refractivity contribution in [3.8, 4) is 0 Å². The third-order valence-electron chi connectivity index (χ3n) is 8.79. The second-order valence-corrected chi connectivity index (χ2v) is 13.9. The summed E-state index contributed by atoms with van der Waals surface area (Å²) in [7, 11) is 0. The first-order valence-electron chi connectivity index (χ1n) is 21.3. The summed E-state index contributed by atoms with van der Waals surface area (Å²) < 4.78 is 16.5. The van der Waals surface area contributed by atoms with Gasteiger partial charge in [-0.15, -0.1) is 0 Å². The minimum absolute atomic E-state index is 0.0808. The largest absolute Gasteiger partial charge is 0.462 e. The van der Waals surface area contributed by atoms with Crippen molar-refractivity contribution in [2.24, 2.45) is 0 Å². The molecule has 0 bridgehead atoms. The van der Waals surface area contributed by atoms with E-state index in [1.54, 1.807) is 0 Å². The number of hydrogen-bond donors (Lipinski definition) is 0. The molecule has 0 amide bonds. The zero-order valence-electron chi connectivity index (χ0n) is 33.8. The summed E-state index contributed by atoms with van der Waals surface area (Å²) >= 11 is 0. The molecule has 0 fully saturated rings. The molecular formula is C46H78O6. The number of allylic oxidation sites excluding steroid dienone is 10. The van der Waals surface area contributed by atoms with Gasteiger partial charge in [-0.2, -0.15) is 0 Å². The number of rotatable bonds is 37. The lowest BCUT2D eigenvalue weighted by Gasteiger charge is -2.18. The van der Waals surface area contributed by atoms with E-state index < -0.39 is 6.10 Å². The van der Waals surface area contributed by atoms with Gasteiger partial charge in [0.1, 0.15) is 13.2 Å². The van der Waals surface area contributed by atoms with Crippen molar-refractivity contribution < 1.29 is 28.6 Å². The molecule has 0 saturated heterocycles. The van der Waals surface area contributed by atoms with Gasteiger partial charge in [0, 0.05) is 19.3 Å². The van der Waals surface area contributed by atoms with Crippen LogP contribution in [0.25, 0.3) is 0 Å². The molecule has 0 aromatic heterocycles. The molecule has 0 saturated carbocycles. The molecule has 6 heteroatoms. The van der Waals surface area contributed by atoms with E-state index in [-0.39, 0.29) is 31.1 Å². The summed E-state index contributed by atoms with van der Waals surface area (Å²) in [5, 5.41) is 0. The molecule has 0 N–H and O–H groups in total. The summed E-state index contributed by atoms with van der Waals surface area (Å²) in [6, 6.07) is 0. The van der Waals surface area contributed by atoms with E-state index in [1.165, 1.54) is 44.9 Å². The van der Waals surface area contributed by atoms with Crippen LogP contribution in [0.1, 0.15) is 194 Å². The maximum Gasteiger partial charge on any atom is 0.306 e. The Morgan fingerprint density at radius 3 is 1.17 bits per heavy atom. The van der Waals surface area contributed by atoms with E-state index in [2.05, 4.69) is 81.5 Å². The van der Waals surface area contributed by atoms with Gasteiger partial charge >= 0.3 is 17.9 Å². The van der Waals surface area contributed by atoms with Crippen LogP contribution in [0.15, 0.2) is 60.8 Å². The minimum atomic E-state index is -0.773. The van der Waals surface area contributed by atoms with Gasteiger partial charge in [0.05, 0.1) is 0 Å². The highest BCUT2D eigenvalue weighted by Crippen LogP contribution is 2.12. The fourth-order valence-corrected chi connectivity index (χ4v) is 5.58. The second-order valence-electron chi connectivity index (χ2n) is 13.9. The van der Waals surface area contributed by atoms with Crippen molar-refractivity contribution in [2.45, 2.75) is 200 Å². The third kappa shape index (κ3) is 38.3. The number of ether oxygens (including phenoxy) is 3. The third-order valence-corrected chi connectivity index (χ3v) is 8.79. The van der Waals surface area contributed by atoms with E-state index in [4.69, 9.17) is 14.2 Å². The van der Waals surface area contributed by atoms with E-state index in [1.807, 2.05) is 0 Å². The SMILES string of the molecule is CC/C=C\C/C=C\C/C=C\C/C=C\C/C=C\CCCCCCCC(=O)OCC(COC(=O)CCCCCCCC)OC(=O)CCCCCCCCC. The minimum Gasteiger partial charge on any atom is -0.462 e. The predicted octanol–water partition coefficient (Wildman–Crippen LogP) is 13.4. The van der Waals surface area contributed by atoms with Crippen LogP contribution in [0.5, 0.6) is 0 Å². The first-order valence-corrected chi connectivity index (χ1v) is 21.3. The van der Waals surface area contributed by atoms with Crippen LogP contribution in [0.4, 0.5) is 0 Å². The number of unbranched alkanes of at least 4 members (excludes halogenated alkanes) is 16. The van der Waals surface area contributed by atoms with Gasteiger partial charge in [-0.05, 0) is 64.2 Å². The zero-order valence-corrected chi connectivity index (χ0v) is 33.8. The molecule has 0 rings (SSSR count). The Bertz CT molecular complexity index is 975. The summed E-state index contributed by atoms with van der Waals surface area (Å²) in [5.74, 6) is -0.923. The Hall–Kier alpha value is -2.89. The number of esters is 3. The van der Waals surface area contributed by atoms with Gasteiger partial charge in [0.2, 0.25) is 0 Å². The van der Waals surface area contributed by atoms with Crippen molar-refractivity contribution in [1.82, 2.24) is 0 Å². The average molecular weight is 727 g/mol. The molecule has 0 aliphatic heterocycles. The van der Waals surface area contributed by atoms with Crippen LogP contribution in [-0.4, -0.2) is 37.2 Å². The molecule has 0 aliphatic rings. The molecule has 0 aromatic rings. The van der Waals surface area contributed by atoms with Crippen molar-refractivity contribution in [1.29, 1.82) is 0 Å². The highest BCUT2D eigenvalue weighted by Gasteiger charge is 2.19. The van der Waals surface area contributed by atoms with E-state index in [9.17, 15) is 14.4 Å². The summed E-state index contributed by atoms with van der Waals surface area (Å²) in [5.41, 5.74) is 0. The smallest absolute Gasteiger partial charge is 0.306 e. The van der Waals surface area contributed by atoms with E-state index in [0.29, 0.717) is 19.3 Å². The van der Waals surface area contributed by atoms with E-state index >= 15 is 0 Å². The fraction of sp³-hybridized carbons (Fsp3) is 0.717. The van der Waals surface area contributed by atoms with Gasteiger partial charge in [-0.3, -0.25) is 14.4 Å². The molecule has 0 aromatic carbocycles. The lowest BCUT2D eigenvalue weighted by molar-refractivity contribution is -0.167. The Kier molecular flexibility index (Phi) is 38.6. The van der Waals surface area contributed by atoms with Crippen molar-refractivity contribution in [3.05, 3.63) is 60.8 Å². The molecule has 1 atom stereocenters. The Labute approximate surface area is 320 Å². The Morgan fingerprint density at radius 2 is 0.750 bits per heavy atom. The van der Waals surface area contributed by atoms with Crippen LogP contribution in [0.2, 0.25) is 0 Å². The van der Waals surface area contributed by atoms with Crippen LogP contribution < -0.4 is 0 Å². The lowest BCUT2D eigenvalue weighted by Crippen LogP contribution is -2.30. The lowest BCUT2D eigenvalue weighted by atomic mass is 10.1. The van der Waals surface area contributed by atoms with Crippen LogP contribution in [-0.2, 0) is 28.6 Å². The molecular weight excluding hydrogens is 649 g/mol. The second kappa shape index (κ2) is 40.9. The van der Waals surface area contributed by atoms with E-state index in [0.717, 1.165) is 109 Å². The first kappa shape index (κ1) is 49.1. The first-order chi connectivity index (χ1) is 25.5. The summed E-state index contributed by atoms with van der Waals surface area (Å²) in [6.07, 6.45) is 48.1. The van der Waals surface area contributed by atoms with Gasteiger partial charge in [0.25, 0.3) is 0 Å². The molecule has 0 spiro atoms. The normalized spacial score (nSPS) is 12.6. The summed E-state index contributed by atoms with van der Waals surface area (Å²) in [6.45, 7) is 6.37. The van der Waals surface area contributed by atoms with Crippen LogP contribution in [0, 0.1) is 0 Å². The molecule has 6 nitrogen and oxygen atoms in total. The highest BCUT2D eigenvalue weighted by molar-refractivity contribution is 5.71. The monoisotopic (exact) mass is 727 g/mol. The van der Waals surface area contributed by atoms with Gasteiger partial charge in [-0.25, -0.2) is 0 Å². The number of carbonyl (C=O) groups is 3. The van der Waals surface area contributed by atoms with Gasteiger partial charge < -0.3 is 14.2 Å². The van der Waals surface area contributed by atoms with Crippen molar-refractivity contribution >= 4 is 17.9 Å². The predicted molar refractivity (Wildman–Crippen MR) is 219 cm³/mol. The molecule has 52 heavy (non-hydrogen) atoms. The fourth-order valence-electron chi connectivity index (χ4n) is 5.58. The molecule has 0 radical (unpaired) electrons. The average Bonchev–Trinajstić information content (AvgIpc) is 3.14. The molecule has 0 aliphatic carbocycles. The molecule has 298 valence electrons. The highest BCUT2D eigenvalue weighted by atomic mass is 16.6. The topological polar surface area (TPSA) is 78.9 Å². The maximum atomic E-state index is 12.5. The van der Waals surface area contributed by atoms with Crippen molar-refractivity contribution in [3.63, 3.8) is 0 Å². The summed E-state index contributed by atoms with van der Waals surface area (Å²) in [4.78, 5) is 37.3. The van der Waals surface area contributed by atoms with Gasteiger partial charge in [-0.1, -0.05) is 171 Å². The van der Waals surface area contributed by atoms with Crippen LogP contribution >= 0.6 is 0 Å².